The van der Waals surface area contributed by atoms with Gasteiger partial charge in [0.1, 0.15) is 5.75 Å². The van der Waals surface area contributed by atoms with Crippen molar-refractivity contribution in [3.8, 4) is 11.6 Å². The second-order valence-corrected chi connectivity index (χ2v) is 4.54. The quantitative estimate of drug-likeness (QED) is 0.683. The first-order valence-corrected chi connectivity index (χ1v) is 6.72. The minimum Gasteiger partial charge on any atom is -0.478 e. The molecule has 5 nitrogen and oxygen atoms in total. The molecule has 0 bridgehead atoms. The Labute approximate surface area is 114 Å². The SMILES string of the molecule is CSc1nc(C)cc(Oc2ccc(C(=O)O)cc2)n1. The van der Waals surface area contributed by atoms with Crippen molar-refractivity contribution >= 4 is 17.7 Å². The first-order valence-electron chi connectivity index (χ1n) is 5.49. The zero-order valence-corrected chi connectivity index (χ0v) is 11.3. The van der Waals surface area contributed by atoms with Crippen LogP contribution in [-0.2, 0) is 0 Å². The van der Waals surface area contributed by atoms with Gasteiger partial charge in [-0.05, 0) is 37.4 Å². The Hall–Kier alpha value is -2.08. The Kier molecular flexibility index (Phi) is 4.01. The highest BCUT2D eigenvalue weighted by Gasteiger charge is 2.05. The monoisotopic (exact) mass is 276 g/mol. The Morgan fingerprint density at radius 2 is 1.95 bits per heavy atom. The first-order chi connectivity index (χ1) is 9.08. The zero-order chi connectivity index (χ0) is 13.8. The lowest BCUT2D eigenvalue weighted by atomic mass is 10.2. The lowest BCUT2D eigenvalue weighted by Gasteiger charge is -2.06. The molecule has 0 atom stereocenters. The molecule has 0 fully saturated rings. The fourth-order valence-corrected chi connectivity index (χ4v) is 1.86. The van der Waals surface area contributed by atoms with E-state index in [2.05, 4.69) is 9.97 Å². The highest BCUT2D eigenvalue weighted by molar-refractivity contribution is 7.98. The molecule has 0 aliphatic rings. The molecule has 0 radical (unpaired) electrons. The third-order valence-electron chi connectivity index (χ3n) is 2.32. The molecule has 2 aromatic rings. The van der Waals surface area contributed by atoms with E-state index in [4.69, 9.17) is 9.84 Å². The molecule has 0 aliphatic heterocycles. The first kappa shape index (κ1) is 13.4. The number of carboxylic acid groups (broad SMARTS) is 1. The molecule has 0 aliphatic carbocycles. The molecule has 0 spiro atoms. The van der Waals surface area contributed by atoms with Crippen LogP contribution in [0.1, 0.15) is 16.1 Å². The molecule has 0 saturated carbocycles. The van der Waals surface area contributed by atoms with Crippen molar-refractivity contribution in [2.75, 3.05) is 6.26 Å². The van der Waals surface area contributed by atoms with Gasteiger partial charge in [-0.25, -0.2) is 9.78 Å². The summed E-state index contributed by atoms with van der Waals surface area (Å²) in [6.45, 7) is 1.86. The van der Waals surface area contributed by atoms with Crippen molar-refractivity contribution in [2.24, 2.45) is 0 Å². The van der Waals surface area contributed by atoms with Crippen LogP contribution < -0.4 is 4.74 Å². The number of aromatic nitrogens is 2. The van der Waals surface area contributed by atoms with Gasteiger partial charge in [-0.2, -0.15) is 4.98 Å². The molecule has 1 heterocycles. The number of thioether (sulfide) groups is 1. The summed E-state index contributed by atoms with van der Waals surface area (Å²) in [7, 11) is 0. The van der Waals surface area contributed by atoms with E-state index in [-0.39, 0.29) is 5.56 Å². The van der Waals surface area contributed by atoms with Crippen molar-refractivity contribution in [3.63, 3.8) is 0 Å². The zero-order valence-electron chi connectivity index (χ0n) is 10.5. The molecular formula is C13H12N2O3S. The van der Waals surface area contributed by atoms with E-state index >= 15 is 0 Å². The predicted octanol–water partition coefficient (Wildman–Crippen LogP) is 3.00. The number of nitrogens with zero attached hydrogens (tertiary/aromatic N) is 2. The van der Waals surface area contributed by atoms with Crippen LogP contribution in [0.5, 0.6) is 11.6 Å². The van der Waals surface area contributed by atoms with Crippen LogP contribution in [0.3, 0.4) is 0 Å². The lowest BCUT2D eigenvalue weighted by Crippen LogP contribution is -1.97. The van der Waals surface area contributed by atoms with E-state index in [1.807, 2.05) is 13.2 Å². The van der Waals surface area contributed by atoms with Crippen LogP contribution in [0.2, 0.25) is 0 Å². The molecule has 0 amide bonds. The molecule has 1 aromatic carbocycles. The van der Waals surface area contributed by atoms with Crippen molar-refractivity contribution < 1.29 is 14.6 Å². The number of aryl methyl sites for hydroxylation is 1. The number of hydrogen-bond acceptors (Lipinski definition) is 5. The van der Waals surface area contributed by atoms with E-state index < -0.39 is 5.97 Å². The largest absolute Gasteiger partial charge is 0.478 e. The normalized spacial score (nSPS) is 10.2. The predicted molar refractivity (Wildman–Crippen MR) is 72.0 cm³/mol. The van der Waals surface area contributed by atoms with Crippen LogP contribution in [0.25, 0.3) is 0 Å². The van der Waals surface area contributed by atoms with Gasteiger partial charge < -0.3 is 9.84 Å². The molecule has 98 valence electrons. The summed E-state index contributed by atoms with van der Waals surface area (Å²) in [5.41, 5.74) is 1.03. The molecule has 1 N–H and O–H groups in total. The van der Waals surface area contributed by atoms with Crippen LogP contribution in [0, 0.1) is 6.92 Å². The highest BCUT2D eigenvalue weighted by Crippen LogP contribution is 2.22. The van der Waals surface area contributed by atoms with Gasteiger partial charge in [0.2, 0.25) is 5.88 Å². The average molecular weight is 276 g/mol. The number of aromatic carboxylic acids is 1. The number of carboxylic acids is 1. The van der Waals surface area contributed by atoms with Crippen LogP contribution in [-0.4, -0.2) is 27.3 Å². The second-order valence-electron chi connectivity index (χ2n) is 3.77. The van der Waals surface area contributed by atoms with Gasteiger partial charge in [0.05, 0.1) is 5.56 Å². The minimum absolute atomic E-state index is 0.219. The maximum atomic E-state index is 10.7. The van der Waals surface area contributed by atoms with Gasteiger partial charge in [-0.15, -0.1) is 0 Å². The summed E-state index contributed by atoms with van der Waals surface area (Å²) in [5, 5.41) is 9.44. The molecular weight excluding hydrogens is 264 g/mol. The lowest BCUT2D eigenvalue weighted by molar-refractivity contribution is 0.0697. The molecule has 6 heteroatoms. The smallest absolute Gasteiger partial charge is 0.335 e. The van der Waals surface area contributed by atoms with Crippen molar-refractivity contribution in [1.82, 2.24) is 9.97 Å². The van der Waals surface area contributed by atoms with Crippen LogP contribution in [0.15, 0.2) is 35.5 Å². The Morgan fingerprint density at radius 1 is 1.26 bits per heavy atom. The molecule has 19 heavy (non-hydrogen) atoms. The topological polar surface area (TPSA) is 72.3 Å². The molecule has 1 aromatic heterocycles. The standard InChI is InChI=1S/C13H12N2O3S/c1-8-7-11(15-13(14-8)19-2)18-10-5-3-9(4-6-10)12(16)17/h3-7H,1-2H3,(H,16,17). The number of rotatable bonds is 4. The number of benzene rings is 1. The van der Waals surface area contributed by atoms with Gasteiger partial charge in [0, 0.05) is 11.8 Å². The highest BCUT2D eigenvalue weighted by atomic mass is 32.2. The van der Waals surface area contributed by atoms with E-state index in [1.165, 1.54) is 23.9 Å². The Morgan fingerprint density at radius 3 is 2.53 bits per heavy atom. The molecule has 0 saturated heterocycles. The maximum Gasteiger partial charge on any atom is 0.335 e. The summed E-state index contributed by atoms with van der Waals surface area (Å²) in [5.74, 6) is 0.0178. The van der Waals surface area contributed by atoms with Gasteiger partial charge >= 0.3 is 5.97 Å². The molecule has 0 unspecified atom stereocenters. The maximum absolute atomic E-state index is 10.7. The Balaban J connectivity index is 2.21. The van der Waals surface area contributed by atoms with Gasteiger partial charge in [0.25, 0.3) is 0 Å². The fourth-order valence-electron chi connectivity index (χ4n) is 1.44. The van der Waals surface area contributed by atoms with Crippen LogP contribution in [0.4, 0.5) is 0 Å². The summed E-state index contributed by atoms with van der Waals surface area (Å²) < 4.78 is 5.58. The minimum atomic E-state index is -0.964. The van der Waals surface area contributed by atoms with Crippen LogP contribution >= 0.6 is 11.8 Å². The average Bonchev–Trinajstić information content (AvgIpc) is 2.38. The van der Waals surface area contributed by atoms with Gasteiger partial charge in [-0.3, -0.25) is 0 Å². The number of hydrogen-bond donors (Lipinski definition) is 1. The third-order valence-corrected chi connectivity index (χ3v) is 2.86. The molecule has 2 rings (SSSR count). The van der Waals surface area contributed by atoms with E-state index in [9.17, 15) is 4.79 Å². The third kappa shape index (κ3) is 3.45. The Bertz CT molecular complexity index is 599. The van der Waals surface area contributed by atoms with E-state index in [0.29, 0.717) is 16.8 Å². The second kappa shape index (κ2) is 5.71. The fraction of sp³-hybridized carbons (Fsp3) is 0.154. The summed E-state index contributed by atoms with van der Waals surface area (Å²) in [4.78, 5) is 19.2. The summed E-state index contributed by atoms with van der Waals surface area (Å²) >= 11 is 1.43. The van der Waals surface area contributed by atoms with Crippen molar-refractivity contribution in [2.45, 2.75) is 12.1 Å². The number of ether oxygens (including phenoxy) is 1. The van der Waals surface area contributed by atoms with Crippen molar-refractivity contribution in [3.05, 3.63) is 41.6 Å². The summed E-state index contributed by atoms with van der Waals surface area (Å²) in [6.07, 6.45) is 1.89. The van der Waals surface area contributed by atoms with E-state index in [1.54, 1.807) is 18.2 Å². The number of carbonyl (C=O) groups is 1. The summed E-state index contributed by atoms with van der Waals surface area (Å²) in [6, 6.07) is 7.90. The van der Waals surface area contributed by atoms with E-state index in [0.717, 1.165) is 5.69 Å². The van der Waals surface area contributed by atoms with Crippen molar-refractivity contribution in [1.29, 1.82) is 0 Å². The van der Waals surface area contributed by atoms with Gasteiger partial charge in [0.15, 0.2) is 5.16 Å². The van der Waals surface area contributed by atoms with Gasteiger partial charge in [-0.1, -0.05) is 11.8 Å².